The van der Waals surface area contributed by atoms with Gasteiger partial charge in [0.1, 0.15) is 0 Å². The van der Waals surface area contributed by atoms with Crippen molar-refractivity contribution in [2.75, 3.05) is 7.11 Å². The minimum absolute atomic E-state index is 0.0288. The van der Waals surface area contributed by atoms with Gasteiger partial charge in [-0.2, -0.15) is 4.98 Å². The summed E-state index contributed by atoms with van der Waals surface area (Å²) in [6.45, 7) is 4.24. The number of amides is 2. The van der Waals surface area contributed by atoms with Crippen LogP contribution in [0.2, 0.25) is 0 Å². The van der Waals surface area contributed by atoms with Crippen molar-refractivity contribution < 1.29 is 19.2 Å². The van der Waals surface area contributed by atoms with E-state index in [2.05, 4.69) is 10.5 Å². The highest BCUT2D eigenvalue weighted by Gasteiger charge is 2.36. The van der Waals surface area contributed by atoms with Crippen LogP contribution in [0.4, 0.5) is 4.79 Å². The number of methoxy groups -OCH3 is 1. The molecule has 0 saturated carbocycles. The lowest BCUT2D eigenvalue weighted by Crippen LogP contribution is -2.45. The number of ether oxygens (including phenoxy) is 1. The minimum atomic E-state index is -0.618. The Morgan fingerprint density at radius 3 is 2.58 bits per heavy atom. The third kappa shape index (κ3) is 4.40. The lowest BCUT2D eigenvalue weighted by atomic mass is 9.94. The van der Waals surface area contributed by atoms with Crippen LogP contribution in [-0.4, -0.2) is 33.3 Å². The SMILES string of the molecule is COc1ccc(C2NC(=O)N(Cc3ccccc3)C(C)=C2c2nc(-c3cccc(C)c3)no2)cc1O. The zero-order valence-corrected chi connectivity index (χ0v) is 20.2. The molecule has 2 heterocycles. The van der Waals surface area contributed by atoms with Crippen LogP contribution in [-0.2, 0) is 6.54 Å². The van der Waals surface area contributed by atoms with E-state index in [9.17, 15) is 9.90 Å². The van der Waals surface area contributed by atoms with Crippen LogP contribution >= 0.6 is 0 Å². The van der Waals surface area contributed by atoms with Gasteiger partial charge >= 0.3 is 6.03 Å². The van der Waals surface area contributed by atoms with E-state index in [4.69, 9.17) is 14.2 Å². The van der Waals surface area contributed by atoms with Crippen molar-refractivity contribution in [1.29, 1.82) is 0 Å². The van der Waals surface area contributed by atoms with Crippen LogP contribution in [0.1, 0.15) is 35.5 Å². The highest BCUT2D eigenvalue weighted by atomic mass is 16.5. The van der Waals surface area contributed by atoms with Crippen molar-refractivity contribution in [2.24, 2.45) is 0 Å². The second kappa shape index (κ2) is 9.58. The molecule has 0 spiro atoms. The number of allylic oxidation sites excluding steroid dienone is 1. The van der Waals surface area contributed by atoms with Gasteiger partial charge in [-0.3, -0.25) is 4.90 Å². The summed E-state index contributed by atoms with van der Waals surface area (Å²) in [5.74, 6) is 1.06. The molecule has 182 valence electrons. The molecule has 36 heavy (non-hydrogen) atoms. The maximum Gasteiger partial charge on any atom is 0.322 e. The number of carbonyl (C=O) groups is 1. The van der Waals surface area contributed by atoms with Gasteiger partial charge in [0.25, 0.3) is 5.89 Å². The van der Waals surface area contributed by atoms with Crippen LogP contribution in [0.15, 0.2) is 83.0 Å². The van der Waals surface area contributed by atoms with E-state index in [0.717, 1.165) is 16.7 Å². The lowest BCUT2D eigenvalue weighted by molar-refractivity contribution is 0.203. The molecule has 0 bridgehead atoms. The molecule has 8 nitrogen and oxygen atoms in total. The van der Waals surface area contributed by atoms with Gasteiger partial charge in [-0.25, -0.2) is 4.79 Å². The fourth-order valence-electron chi connectivity index (χ4n) is 4.39. The van der Waals surface area contributed by atoms with Crippen LogP contribution in [0, 0.1) is 6.92 Å². The number of aromatic nitrogens is 2. The molecule has 0 radical (unpaired) electrons. The Labute approximate surface area is 208 Å². The molecule has 8 heteroatoms. The average molecular weight is 483 g/mol. The molecule has 1 aliphatic rings. The molecule has 0 fully saturated rings. The van der Waals surface area contributed by atoms with Crippen molar-refractivity contribution in [2.45, 2.75) is 26.4 Å². The molecule has 0 saturated heterocycles. The van der Waals surface area contributed by atoms with Crippen LogP contribution in [0.3, 0.4) is 0 Å². The standard InChI is InChI=1S/C28H26N4O4/c1-17-8-7-11-21(14-17)26-30-27(36-31-26)24-18(2)32(16-19-9-5-4-6-10-19)28(34)29-25(24)20-12-13-23(35-3)22(33)15-20/h4-15,25,33H,16H2,1-3H3,(H,29,34). The number of hydrogen-bond donors (Lipinski definition) is 2. The van der Waals surface area contributed by atoms with E-state index in [0.29, 0.717) is 40.8 Å². The van der Waals surface area contributed by atoms with Gasteiger partial charge in [0, 0.05) is 11.3 Å². The number of hydrogen-bond acceptors (Lipinski definition) is 6. The van der Waals surface area contributed by atoms with Crippen molar-refractivity contribution >= 4 is 11.6 Å². The lowest BCUT2D eigenvalue weighted by Gasteiger charge is -2.35. The van der Waals surface area contributed by atoms with Crippen LogP contribution in [0.5, 0.6) is 11.5 Å². The summed E-state index contributed by atoms with van der Waals surface area (Å²) in [7, 11) is 1.49. The normalized spacial score (nSPS) is 15.7. The number of phenolic OH excluding ortho intramolecular Hbond substituents is 1. The number of urea groups is 1. The number of nitrogens with zero attached hydrogens (tertiary/aromatic N) is 3. The van der Waals surface area contributed by atoms with Crippen molar-refractivity contribution in [3.63, 3.8) is 0 Å². The monoisotopic (exact) mass is 482 g/mol. The zero-order chi connectivity index (χ0) is 25.2. The molecular formula is C28H26N4O4. The number of aromatic hydroxyl groups is 1. The van der Waals surface area contributed by atoms with Gasteiger partial charge in [-0.15, -0.1) is 0 Å². The fourth-order valence-corrected chi connectivity index (χ4v) is 4.39. The third-order valence-corrected chi connectivity index (χ3v) is 6.25. The van der Waals surface area contributed by atoms with Crippen molar-refractivity contribution in [3.05, 3.63) is 101 Å². The third-order valence-electron chi connectivity index (χ3n) is 6.25. The summed E-state index contributed by atoms with van der Waals surface area (Å²) < 4.78 is 10.9. The largest absolute Gasteiger partial charge is 0.504 e. The number of benzene rings is 3. The van der Waals surface area contributed by atoms with Gasteiger partial charge in [-0.05, 0) is 43.2 Å². The zero-order valence-electron chi connectivity index (χ0n) is 20.2. The van der Waals surface area contributed by atoms with Crippen molar-refractivity contribution in [1.82, 2.24) is 20.4 Å². The quantitative estimate of drug-likeness (QED) is 0.379. The molecule has 0 aliphatic carbocycles. The van der Waals surface area contributed by atoms with Crippen LogP contribution < -0.4 is 10.1 Å². The minimum Gasteiger partial charge on any atom is -0.504 e. The Balaban J connectivity index is 1.61. The molecule has 1 aliphatic heterocycles. The molecule has 2 amide bonds. The van der Waals surface area contributed by atoms with Gasteiger partial charge in [-0.1, -0.05) is 65.3 Å². The average Bonchev–Trinajstić information content (AvgIpc) is 3.36. The maximum absolute atomic E-state index is 13.3. The number of aryl methyl sites for hydroxylation is 1. The predicted octanol–water partition coefficient (Wildman–Crippen LogP) is 5.46. The summed E-state index contributed by atoms with van der Waals surface area (Å²) in [5.41, 5.74) is 4.90. The van der Waals surface area contributed by atoms with Crippen LogP contribution in [0.25, 0.3) is 17.0 Å². The van der Waals surface area contributed by atoms with Gasteiger partial charge in [0.2, 0.25) is 5.82 Å². The fraction of sp³-hybridized carbons (Fsp3) is 0.179. The first-order valence-electron chi connectivity index (χ1n) is 11.6. The predicted molar refractivity (Wildman–Crippen MR) is 135 cm³/mol. The Morgan fingerprint density at radius 2 is 1.86 bits per heavy atom. The molecule has 1 unspecified atom stereocenters. The van der Waals surface area contributed by atoms with E-state index < -0.39 is 6.04 Å². The first-order chi connectivity index (χ1) is 17.4. The van der Waals surface area contributed by atoms with Crippen molar-refractivity contribution in [3.8, 4) is 22.9 Å². The molecule has 5 rings (SSSR count). The molecule has 4 aromatic rings. The Hall–Kier alpha value is -4.59. The molecule has 1 atom stereocenters. The summed E-state index contributed by atoms with van der Waals surface area (Å²) in [4.78, 5) is 19.6. The highest BCUT2D eigenvalue weighted by molar-refractivity contribution is 5.87. The van der Waals surface area contributed by atoms with Gasteiger partial charge in [0.15, 0.2) is 11.5 Å². The summed E-state index contributed by atoms with van der Waals surface area (Å²) >= 11 is 0. The Morgan fingerprint density at radius 1 is 1.06 bits per heavy atom. The highest BCUT2D eigenvalue weighted by Crippen LogP contribution is 2.40. The smallest absolute Gasteiger partial charge is 0.322 e. The van der Waals surface area contributed by atoms with Gasteiger partial charge < -0.3 is 19.7 Å². The summed E-state index contributed by atoms with van der Waals surface area (Å²) in [5, 5.41) is 17.7. The Bertz CT molecular complexity index is 1440. The molecule has 1 aromatic heterocycles. The van der Waals surface area contributed by atoms with E-state index in [1.165, 1.54) is 7.11 Å². The number of rotatable bonds is 6. The van der Waals surface area contributed by atoms with Gasteiger partial charge in [0.05, 0.1) is 25.3 Å². The Kier molecular flexibility index (Phi) is 6.16. The maximum atomic E-state index is 13.3. The van der Waals surface area contributed by atoms with E-state index >= 15 is 0 Å². The summed E-state index contributed by atoms with van der Waals surface area (Å²) in [6, 6.07) is 21.7. The van der Waals surface area contributed by atoms with E-state index in [-0.39, 0.29) is 11.8 Å². The second-order valence-electron chi connectivity index (χ2n) is 8.68. The number of phenols is 1. The summed E-state index contributed by atoms with van der Waals surface area (Å²) in [6.07, 6.45) is 0. The number of carbonyl (C=O) groups excluding carboxylic acids is 1. The van der Waals surface area contributed by atoms with E-state index in [1.807, 2.05) is 68.4 Å². The second-order valence-corrected chi connectivity index (χ2v) is 8.68. The molecule has 2 N–H and O–H groups in total. The van der Waals surface area contributed by atoms with E-state index in [1.54, 1.807) is 23.1 Å². The molecule has 3 aromatic carbocycles. The number of nitrogens with one attached hydrogen (secondary N) is 1. The topological polar surface area (TPSA) is 101 Å². The first kappa shape index (κ1) is 23.2. The molecular weight excluding hydrogens is 456 g/mol. The first-order valence-corrected chi connectivity index (χ1v) is 11.6.